The van der Waals surface area contributed by atoms with E-state index in [0.29, 0.717) is 0 Å². The van der Waals surface area contributed by atoms with Crippen LogP contribution in [0, 0.1) is 0 Å². The van der Waals surface area contributed by atoms with Gasteiger partial charge in [-0.2, -0.15) is 0 Å². The quantitative estimate of drug-likeness (QED) is 0.604. The van der Waals surface area contributed by atoms with Gasteiger partial charge in [0.05, 0.1) is 11.9 Å². The molecule has 0 saturated carbocycles. The second-order valence-electron chi connectivity index (χ2n) is 3.21. The van der Waals surface area contributed by atoms with Gasteiger partial charge in [0.1, 0.15) is 0 Å². The maximum absolute atomic E-state index is 10.1. The Bertz CT molecular complexity index is 498. The second-order valence-corrected chi connectivity index (χ2v) is 3.21. The molecule has 0 bridgehead atoms. The van der Waals surface area contributed by atoms with Crippen LogP contribution in [0.25, 0.3) is 10.9 Å². The minimum Gasteiger partial charge on any atom is -0.479 e. The van der Waals surface area contributed by atoms with Gasteiger partial charge in [0.25, 0.3) is 0 Å². The van der Waals surface area contributed by atoms with Crippen LogP contribution in [0.15, 0.2) is 35.5 Å². The molecule has 2 aromatic rings. The van der Waals surface area contributed by atoms with Gasteiger partial charge in [-0.05, 0) is 12.1 Å². The molecule has 1 aromatic carbocycles. The maximum atomic E-state index is 10.1. The molecule has 0 amide bonds. The molecular weight excluding hydrogens is 208 g/mol. The number of aliphatic carboxylic acids is 1. The van der Waals surface area contributed by atoms with E-state index in [1.165, 1.54) is 6.21 Å². The van der Waals surface area contributed by atoms with Crippen LogP contribution in [0.3, 0.4) is 0 Å². The molecule has 0 unspecified atom stereocenters. The van der Waals surface area contributed by atoms with Crippen molar-refractivity contribution in [2.24, 2.45) is 5.16 Å². The molecule has 5 nitrogen and oxygen atoms in total. The number of nitrogens with one attached hydrogen (secondary N) is 1. The Hall–Kier alpha value is -2.30. The van der Waals surface area contributed by atoms with Crippen LogP contribution in [0.5, 0.6) is 0 Å². The average Bonchev–Trinajstić information content (AvgIpc) is 2.66. The fraction of sp³-hybridized carbons (Fsp3) is 0.0909. The summed E-state index contributed by atoms with van der Waals surface area (Å²) in [5, 5.41) is 12.9. The lowest BCUT2D eigenvalue weighted by Crippen LogP contribution is -2.03. The molecule has 0 aliphatic heterocycles. The Morgan fingerprint density at radius 3 is 3.06 bits per heavy atom. The molecule has 82 valence electrons. The van der Waals surface area contributed by atoms with Gasteiger partial charge in [0.15, 0.2) is 0 Å². The van der Waals surface area contributed by atoms with Crippen molar-refractivity contribution in [3.8, 4) is 0 Å². The molecule has 0 fully saturated rings. The van der Waals surface area contributed by atoms with E-state index in [2.05, 4.69) is 15.0 Å². The minimum atomic E-state index is -1.05. The number of oxime groups is 1. The summed E-state index contributed by atoms with van der Waals surface area (Å²) < 4.78 is 0. The molecule has 0 saturated heterocycles. The highest BCUT2D eigenvalue weighted by Crippen LogP contribution is 2.13. The van der Waals surface area contributed by atoms with E-state index < -0.39 is 12.6 Å². The maximum Gasteiger partial charge on any atom is 0.344 e. The highest BCUT2D eigenvalue weighted by molar-refractivity contribution is 5.89. The largest absolute Gasteiger partial charge is 0.479 e. The number of rotatable bonds is 4. The van der Waals surface area contributed by atoms with E-state index in [1.807, 2.05) is 30.3 Å². The summed E-state index contributed by atoms with van der Waals surface area (Å²) in [6.07, 6.45) is 1.45. The SMILES string of the molecule is O=C(O)CON=Cc1cc2ccccc2[nH]1. The van der Waals surface area contributed by atoms with Gasteiger partial charge in [-0.25, -0.2) is 4.79 Å². The average molecular weight is 218 g/mol. The Kier molecular flexibility index (Phi) is 2.86. The van der Waals surface area contributed by atoms with Crippen LogP contribution in [-0.2, 0) is 9.63 Å². The van der Waals surface area contributed by atoms with Gasteiger partial charge >= 0.3 is 5.97 Å². The molecule has 1 aromatic heterocycles. The van der Waals surface area contributed by atoms with Crippen molar-refractivity contribution in [1.82, 2.24) is 4.98 Å². The Morgan fingerprint density at radius 1 is 1.50 bits per heavy atom. The number of hydrogen-bond donors (Lipinski definition) is 2. The van der Waals surface area contributed by atoms with E-state index in [-0.39, 0.29) is 0 Å². The van der Waals surface area contributed by atoms with Crippen LogP contribution in [0.4, 0.5) is 0 Å². The Balaban J connectivity index is 2.06. The molecule has 0 aliphatic carbocycles. The fourth-order valence-electron chi connectivity index (χ4n) is 1.35. The normalized spacial score (nSPS) is 11.0. The van der Waals surface area contributed by atoms with E-state index >= 15 is 0 Å². The topological polar surface area (TPSA) is 74.7 Å². The molecule has 1 heterocycles. The molecular formula is C11H10N2O3. The Morgan fingerprint density at radius 2 is 2.31 bits per heavy atom. The number of benzene rings is 1. The predicted molar refractivity (Wildman–Crippen MR) is 59.5 cm³/mol. The van der Waals surface area contributed by atoms with Crippen molar-refractivity contribution in [3.05, 3.63) is 36.0 Å². The third-order valence-corrected chi connectivity index (χ3v) is 2.01. The molecule has 2 N–H and O–H groups in total. The summed E-state index contributed by atoms with van der Waals surface area (Å²) in [4.78, 5) is 17.8. The molecule has 0 aliphatic rings. The molecule has 0 spiro atoms. The molecule has 16 heavy (non-hydrogen) atoms. The molecule has 0 atom stereocenters. The highest BCUT2D eigenvalue weighted by Gasteiger charge is 1.97. The third kappa shape index (κ3) is 2.38. The Labute approximate surface area is 91.3 Å². The lowest BCUT2D eigenvalue weighted by molar-refractivity contribution is -0.142. The van der Waals surface area contributed by atoms with Gasteiger partial charge in [0.2, 0.25) is 6.61 Å². The lowest BCUT2D eigenvalue weighted by atomic mass is 10.2. The van der Waals surface area contributed by atoms with Gasteiger partial charge in [-0.15, -0.1) is 0 Å². The van der Waals surface area contributed by atoms with E-state index in [9.17, 15) is 4.79 Å². The van der Waals surface area contributed by atoms with Crippen LogP contribution in [-0.4, -0.2) is 28.9 Å². The number of para-hydroxylation sites is 1. The smallest absolute Gasteiger partial charge is 0.344 e. The first kappa shape index (κ1) is 10.2. The monoisotopic (exact) mass is 218 g/mol. The predicted octanol–water partition coefficient (Wildman–Crippen LogP) is 1.60. The van der Waals surface area contributed by atoms with Gasteiger partial charge in [-0.3, -0.25) is 0 Å². The van der Waals surface area contributed by atoms with E-state index in [4.69, 9.17) is 5.11 Å². The van der Waals surface area contributed by atoms with Crippen molar-refractivity contribution in [2.75, 3.05) is 6.61 Å². The van der Waals surface area contributed by atoms with Crippen LogP contribution < -0.4 is 0 Å². The van der Waals surface area contributed by atoms with Crippen LogP contribution >= 0.6 is 0 Å². The van der Waals surface area contributed by atoms with Gasteiger partial charge in [-0.1, -0.05) is 23.4 Å². The van der Waals surface area contributed by atoms with Crippen LogP contribution in [0.1, 0.15) is 5.69 Å². The zero-order valence-electron chi connectivity index (χ0n) is 8.38. The zero-order chi connectivity index (χ0) is 11.4. The third-order valence-electron chi connectivity index (χ3n) is 2.01. The number of hydrogen-bond acceptors (Lipinski definition) is 3. The number of carboxylic acid groups (broad SMARTS) is 1. The first-order valence-corrected chi connectivity index (χ1v) is 4.70. The number of aromatic nitrogens is 1. The number of aromatic amines is 1. The summed E-state index contributed by atoms with van der Waals surface area (Å²) >= 11 is 0. The summed E-state index contributed by atoms with van der Waals surface area (Å²) in [6.45, 7) is -0.434. The summed E-state index contributed by atoms with van der Waals surface area (Å²) in [5.74, 6) is -1.05. The number of H-pyrrole nitrogens is 1. The van der Waals surface area contributed by atoms with Crippen molar-refractivity contribution in [1.29, 1.82) is 0 Å². The first-order valence-electron chi connectivity index (χ1n) is 4.70. The number of fused-ring (bicyclic) bond motifs is 1. The van der Waals surface area contributed by atoms with Crippen molar-refractivity contribution in [3.63, 3.8) is 0 Å². The second kappa shape index (κ2) is 4.48. The van der Waals surface area contributed by atoms with Crippen LogP contribution in [0.2, 0.25) is 0 Å². The van der Waals surface area contributed by atoms with Crippen molar-refractivity contribution < 1.29 is 14.7 Å². The summed E-state index contributed by atoms with van der Waals surface area (Å²) in [5.41, 5.74) is 1.77. The highest BCUT2D eigenvalue weighted by atomic mass is 16.6. The number of nitrogens with zero attached hydrogens (tertiary/aromatic N) is 1. The van der Waals surface area contributed by atoms with E-state index in [1.54, 1.807) is 0 Å². The van der Waals surface area contributed by atoms with Gasteiger partial charge in [0, 0.05) is 10.9 Å². The first-order chi connectivity index (χ1) is 7.75. The number of carboxylic acids is 1. The summed E-state index contributed by atoms with van der Waals surface area (Å²) in [7, 11) is 0. The van der Waals surface area contributed by atoms with Crippen molar-refractivity contribution >= 4 is 23.1 Å². The molecule has 2 rings (SSSR count). The zero-order valence-corrected chi connectivity index (χ0v) is 8.38. The minimum absolute atomic E-state index is 0.434. The summed E-state index contributed by atoms with van der Waals surface area (Å²) in [6, 6.07) is 9.70. The lowest BCUT2D eigenvalue weighted by Gasteiger charge is -1.90. The van der Waals surface area contributed by atoms with Gasteiger partial charge < -0.3 is 14.9 Å². The van der Waals surface area contributed by atoms with Crippen molar-refractivity contribution in [2.45, 2.75) is 0 Å². The standard InChI is InChI=1S/C11H10N2O3/c14-11(15)7-16-12-6-9-5-8-3-1-2-4-10(8)13-9/h1-6,13H,7H2,(H,14,15). The molecule has 0 radical (unpaired) electrons. The van der Waals surface area contributed by atoms with E-state index in [0.717, 1.165) is 16.6 Å². The molecule has 5 heteroatoms. The fourth-order valence-corrected chi connectivity index (χ4v) is 1.35. The number of carbonyl (C=O) groups is 1.